The number of ether oxygens (including phenoxy) is 1. The van der Waals surface area contributed by atoms with Gasteiger partial charge in [-0.2, -0.15) is 4.98 Å². The molecule has 1 saturated carbocycles. The summed E-state index contributed by atoms with van der Waals surface area (Å²) in [6.07, 6.45) is 2.54. The van der Waals surface area contributed by atoms with Crippen LogP contribution < -0.4 is 4.74 Å². The number of aromatic nitrogens is 3. The highest BCUT2D eigenvalue weighted by Gasteiger charge is 2.40. The Morgan fingerprint density at radius 2 is 2.17 bits per heavy atom. The van der Waals surface area contributed by atoms with Crippen LogP contribution in [0.5, 0.6) is 5.88 Å². The highest BCUT2D eigenvalue weighted by atomic mass is 32.1. The fourth-order valence-corrected chi connectivity index (χ4v) is 3.02. The first-order chi connectivity index (χ1) is 8.54. The van der Waals surface area contributed by atoms with E-state index in [1.807, 2.05) is 12.1 Å². The Morgan fingerprint density at radius 1 is 1.44 bits per heavy atom. The van der Waals surface area contributed by atoms with E-state index in [2.05, 4.69) is 28.4 Å². The molecule has 5 heteroatoms. The first-order valence-electron chi connectivity index (χ1n) is 6.20. The average molecular weight is 263 g/mol. The summed E-state index contributed by atoms with van der Waals surface area (Å²) >= 11 is 5.45. The summed E-state index contributed by atoms with van der Waals surface area (Å²) in [5.41, 5.74) is 1.86. The van der Waals surface area contributed by atoms with Gasteiger partial charge in [0.1, 0.15) is 0 Å². The topological polar surface area (TPSA) is 42.8 Å². The summed E-state index contributed by atoms with van der Waals surface area (Å²) in [6.45, 7) is 4.46. The minimum Gasteiger partial charge on any atom is -0.481 e. The third-order valence-corrected chi connectivity index (χ3v) is 4.15. The smallest absolute Gasteiger partial charge is 0.215 e. The average Bonchev–Trinajstić information content (AvgIpc) is 3.11. The van der Waals surface area contributed by atoms with Crippen molar-refractivity contribution in [1.82, 2.24) is 14.5 Å². The number of fused-ring (bicyclic) bond motifs is 1. The lowest BCUT2D eigenvalue weighted by Gasteiger charge is -2.26. The molecule has 1 aliphatic carbocycles. The fraction of sp³-hybridized carbons (Fsp3) is 0.538. The number of hydrogen-bond donors (Lipinski definition) is 1. The van der Waals surface area contributed by atoms with Crippen molar-refractivity contribution in [1.29, 1.82) is 0 Å². The van der Waals surface area contributed by atoms with Crippen LogP contribution >= 0.6 is 12.2 Å². The molecular weight excluding hydrogens is 246 g/mol. The SMILES string of the molecule is COc1ccc2[nH]c(=S)n(C(C)(C)C3CC3)c2n1. The van der Waals surface area contributed by atoms with Gasteiger partial charge in [-0.15, -0.1) is 0 Å². The fourth-order valence-electron chi connectivity index (χ4n) is 2.59. The summed E-state index contributed by atoms with van der Waals surface area (Å²) in [5, 5.41) is 0. The molecule has 0 unspecified atom stereocenters. The molecule has 0 aromatic carbocycles. The molecule has 0 bridgehead atoms. The predicted octanol–water partition coefficient (Wildman–Crippen LogP) is 3.25. The van der Waals surface area contributed by atoms with Crippen molar-refractivity contribution in [2.45, 2.75) is 32.2 Å². The molecule has 1 N–H and O–H groups in total. The van der Waals surface area contributed by atoms with Crippen molar-refractivity contribution in [3.05, 3.63) is 16.9 Å². The van der Waals surface area contributed by atoms with E-state index in [-0.39, 0.29) is 5.54 Å². The molecule has 0 spiro atoms. The summed E-state index contributed by atoms with van der Waals surface area (Å²) in [7, 11) is 1.63. The summed E-state index contributed by atoms with van der Waals surface area (Å²) in [5.74, 6) is 1.31. The van der Waals surface area contributed by atoms with E-state index in [0.29, 0.717) is 11.8 Å². The van der Waals surface area contributed by atoms with E-state index in [1.165, 1.54) is 12.8 Å². The maximum absolute atomic E-state index is 5.45. The van der Waals surface area contributed by atoms with Gasteiger partial charge in [0.05, 0.1) is 12.6 Å². The Hall–Kier alpha value is -1.36. The lowest BCUT2D eigenvalue weighted by atomic mass is 9.98. The molecule has 3 rings (SSSR count). The molecule has 1 aliphatic rings. The van der Waals surface area contributed by atoms with Gasteiger partial charge in [-0.3, -0.25) is 4.57 Å². The van der Waals surface area contributed by atoms with Gasteiger partial charge in [-0.25, -0.2) is 0 Å². The predicted molar refractivity (Wildman–Crippen MR) is 73.5 cm³/mol. The van der Waals surface area contributed by atoms with Gasteiger partial charge in [0.2, 0.25) is 5.88 Å². The molecule has 2 aromatic rings. The molecule has 0 radical (unpaired) electrons. The molecule has 1 fully saturated rings. The van der Waals surface area contributed by atoms with Crippen molar-refractivity contribution >= 4 is 23.4 Å². The third-order valence-electron chi connectivity index (χ3n) is 3.87. The number of rotatable bonds is 3. The lowest BCUT2D eigenvalue weighted by Crippen LogP contribution is -2.29. The Kier molecular flexibility index (Phi) is 2.48. The molecule has 4 nitrogen and oxygen atoms in total. The highest BCUT2D eigenvalue weighted by Crippen LogP contribution is 2.45. The quantitative estimate of drug-likeness (QED) is 0.864. The van der Waals surface area contributed by atoms with E-state index in [4.69, 9.17) is 17.0 Å². The van der Waals surface area contributed by atoms with Gasteiger partial charge in [0.15, 0.2) is 10.4 Å². The van der Waals surface area contributed by atoms with Crippen LogP contribution in [-0.2, 0) is 5.54 Å². The standard InChI is InChI=1S/C13H17N3OS/c1-13(2,8-4-5-8)16-11-9(14-12(16)18)6-7-10(15-11)17-3/h6-8H,4-5H2,1-3H3,(H,14,18). The third kappa shape index (κ3) is 1.65. The Bertz CT molecular complexity index is 652. The van der Waals surface area contributed by atoms with Crippen LogP contribution in [0.1, 0.15) is 26.7 Å². The Morgan fingerprint density at radius 3 is 2.78 bits per heavy atom. The van der Waals surface area contributed by atoms with Crippen molar-refractivity contribution in [2.24, 2.45) is 5.92 Å². The summed E-state index contributed by atoms with van der Waals surface area (Å²) in [6, 6.07) is 3.82. The molecule has 2 aromatic heterocycles. The van der Waals surface area contributed by atoms with E-state index in [0.717, 1.165) is 15.9 Å². The van der Waals surface area contributed by atoms with Crippen LogP contribution in [0, 0.1) is 10.7 Å². The van der Waals surface area contributed by atoms with Gasteiger partial charge in [-0.1, -0.05) is 0 Å². The number of pyridine rings is 1. The van der Waals surface area contributed by atoms with Crippen molar-refractivity contribution in [2.75, 3.05) is 7.11 Å². The number of methoxy groups -OCH3 is 1. The normalized spacial score (nSPS) is 16.2. The number of nitrogens with zero attached hydrogens (tertiary/aromatic N) is 2. The minimum atomic E-state index is 0.00863. The zero-order valence-corrected chi connectivity index (χ0v) is 11.7. The zero-order valence-electron chi connectivity index (χ0n) is 10.9. The second-order valence-corrected chi connectivity index (χ2v) is 5.80. The van der Waals surface area contributed by atoms with E-state index in [1.54, 1.807) is 7.11 Å². The maximum Gasteiger partial charge on any atom is 0.215 e. The number of hydrogen-bond acceptors (Lipinski definition) is 3. The molecule has 0 saturated heterocycles. The summed E-state index contributed by atoms with van der Waals surface area (Å²) < 4.78 is 8.08. The van der Waals surface area contributed by atoms with Crippen LogP contribution in [0.4, 0.5) is 0 Å². The largest absolute Gasteiger partial charge is 0.481 e. The maximum atomic E-state index is 5.45. The molecule has 0 atom stereocenters. The first-order valence-corrected chi connectivity index (χ1v) is 6.61. The second kappa shape index (κ2) is 3.82. The molecule has 96 valence electrons. The lowest BCUT2D eigenvalue weighted by molar-refractivity contribution is 0.307. The number of imidazole rings is 1. The first kappa shape index (κ1) is 11.7. The van der Waals surface area contributed by atoms with Gasteiger partial charge in [0.25, 0.3) is 0 Å². The number of aromatic amines is 1. The Labute approximate surface area is 111 Å². The molecule has 18 heavy (non-hydrogen) atoms. The molecular formula is C13H17N3OS. The van der Waals surface area contributed by atoms with Gasteiger partial charge < -0.3 is 9.72 Å². The van der Waals surface area contributed by atoms with Crippen LogP contribution in [0.2, 0.25) is 0 Å². The number of H-pyrrole nitrogens is 1. The number of nitrogens with one attached hydrogen (secondary N) is 1. The van der Waals surface area contributed by atoms with Crippen molar-refractivity contribution < 1.29 is 4.74 Å². The Balaban J connectivity index is 2.26. The van der Waals surface area contributed by atoms with Crippen LogP contribution in [0.3, 0.4) is 0 Å². The molecule has 2 heterocycles. The highest BCUT2D eigenvalue weighted by molar-refractivity contribution is 7.71. The molecule has 0 amide bonds. The van der Waals surface area contributed by atoms with E-state index in [9.17, 15) is 0 Å². The monoisotopic (exact) mass is 263 g/mol. The van der Waals surface area contributed by atoms with Crippen molar-refractivity contribution in [3.63, 3.8) is 0 Å². The van der Waals surface area contributed by atoms with Gasteiger partial charge in [-0.05, 0) is 50.9 Å². The van der Waals surface area contributed by atoms with Crippen LogP contribution in [-0.4, -0.2) is 21.6 Å². The molecule has 0 aliphatic heterocycles. The minimum absolute atomic E-state index is 0.00863. The van der Waals surface area contributed by atoms with Crippen LogP contribution in [0.25, 0.3) is 11.2 Å². The van der Waals surface area contributed by atoms with Gasteiger partial charge in [0, 0.05) is 11.6 Å². The van der Waals surface area contributed by atoms with E-state index < -0.39 is 0 Å². The second-order valence-electron chi connectivity index (χ2n) is 5.42. The van der Waals surface area contributed by atoms with Gasteiger partial charge >= 0.3 is 0 Å². The zero-order chi connectivity index (χ0) is 12.9. The van der Waals surface area contributed by atoms with Crippen LogP contribution in [0.15, 0.2) is 12.1 Å². The summed E-state index contributed by atoms with van der Waals surface area (Å²) in [4.78, 5) is 7.76. The van der Waals surface area contributed by atoms with Crippen molar-refractivity contribution in [3.8, 4) is 5.88 Å². The van der Waals surface area contributed by atoms with E-state index >= 15 is 0 Å².